The van der Waals surface area contributed by atoms with Crippen molar-refractivity contribution in [1.29, 1.82) is 0 Å². The number of esters is 2. The van der Waals surface area contributed by atoms with Gasteiger partial charge in [-0.1, -0.05) is 11.6 Å². The van der Waals surface area contributed by atoms with Crippen molar-refractivity contribution in [3.05, 3.63) is 11.6 Å². The highest BCUT2D eigenvalue weighted by atomic mass is 16.6. The molecule has 0 spiro atoms. The summed E-state index contributed by atoms with van der Waals surface area (Å²) in [5.41, 5.74) is 0.444. The molecule has 0 aromatic rings. The van der Waals surface area contributed by atoms with Gasteiger partial charge in [-0.25, -0.2) is 0 Å². The number of ether oxygens (including phenoxy) is 2. The summed E-state index contributed by atoms with van der Waals surface area (Å²) in [5, 5.41) is 0. The number of rotatable bonds is 3. The van der Waals surface area contributed by atoms with Gasteiger partial charge in [0.1, 0.15) is 11.5 Å². The minimum absolute atomic E-state index is 0.290. The highest BCUT2D eigenvalue weighted by Gasteiger charge is 2.44. The van der Waals surface area contributed by atoms with Crippen LogP contribution in [0.15, 0.2) is 11.6 Å². The van der Waals surface area contributed by atoms with Crippen molar-refractivity contribution < 1.29 is 19.1 Å². The molecule has 0 heterocycles. The summed E-state index contributed by atoms with van der Waals surface area (Å²) in [5.74, 6) is -0.641. The van der Waals surface area contributed by atoms with Crippen LogP contribution in [0.3, 0.4) is 0 Å². The first-order valence-electron chi connectivity index (χ1n) is 6.40. The maximum Gasteiger partial charge on any atom is 0.315 e. The second-order valence-corrected chi connectivity index (χ2v) is 5.03. The molecule has 0 amide bonds. The van der Waals surface area contributed by atoms with Crippen molar-refractivity contribution in [2.75, 3.05) is 6.61 Å². The molecule has 1 aliphatic carbocycles. The fourth-order valence-corrected chi connectivity index (χ4v) is 2.20. The number of hydrogen-bond acceptors (Lipinski definition) is 4. The van der Waals surface area contributed by atoms with Crippen molar-refractivity contribution in [2.45, 2.75) is 53.1 Å². The molecule has 0 radical (unpaired) electrons. The van der Waals surface area contributed by atoms with E-state index in [-0.39, 0.29) is 11.9 Å². The molecule has 102 valence electrons. The van der Waals surface area contributed by atoms with Gasteiger partial charge in [-0.3, -0.25) is 9.59 Å². The van der Waals surface area contributed by atoms with Crippen LogP contribution >= 0.6 is 0 Å². The van der Waals surface area contributed by atoms with Crippen molar-refractivity contribution in [1.82, 2.24) is 0 Å². The molecule has 0 aromatic carbocycles. The number of hydrogen-bond donors (Lipinski definition) is 0. The van der Waals surface area contributed by atoms with Crippen molar-refractivity contribution in [3.8, 4) is 0 Å². The molecule has 2 unspecified atom stereocenters. The van der Waals surface area contributed by atoms with E-state index in [1.807, 2.05) is 19.9 Å². The molecule has 18 heavy (non-hydrogen) atoms. The third-order valence-corrected chi connectivity index (χ3v) is 3.44. The lowest BCUT2D eigenvalue weighted by molar-refractivity contribution is -0.170. The van der Waals surface area contributed by atoms with Gasteiger partial charge in [0.25, 0.3) is 0 Å². The van der Waals surface area contributed by atoms with Crippen molar-refractivity contribution >= 4 is 11.9 Å². The van der Waals surface area contributed by atoms with Gasteiger partial charge in [-0.2, -0.15) is 0 Å². The molecular weight excluding hydrogens is 232 g/mol. The minimum atomic E-state index is -0.778. The zero-order chi connectivity index (χ0) is 13.8. The standard InChI is InChI=1S/C14H22O4/c1-5-17-13(16)14(4)9-8-10(2)6-7-12(14)18-11(3)15/h8,12H,5-7,9H2,1-4H3. The van der Waals surface area contributed by atoms with Crippen LogP contribution in [0.2, 0.25) is 0 Å². The van der Waals surface area contributed by atoms with Gasteiger partial charge < -0.3 is 9.47 Å². The summed E-state index contributed by atoms with van der Waals surface area (Å²) in [7, 11) is 0. The van der Waals surface area contributed by atoms with E-state index in [0.717, 1.165) is 6.42 Å². The van der Waals surface area contributed by atoms with Gasteiger partial charge in [0.15, 0.2) is 0 Å². The molecular formula is C14H22O4. The zero-order valence-electron chi connectivity index (χ0n) is 11.6. The summed E-state index contributed by atoms with van der Waals surface area (Å²) in [4.78, 5) is 23.3. The average Bonchev–Trinajstić information content (AvgIpc) is 2.43. The molecule has 0 fully saturated rings. The maximum absolute atomic E-state index is 12.1. The van der Waals surface area contributed by atoms with E-state index in [1.165, 1.54) is 12.5 Å². The topological polar surface area (TPSA) is 52.6 Å². The van der Waals surface area contributed by atoms with Gasteiger partial charge >= 0.3 is 11.9 Å². The van der Waals surface area contributed by atoms with Crippen LogP contribution in [0.4, 0.5) is 0 Å². The Balaban J connectivity index is 2.96. The summed E-state index contributed by atoms with van der Waals surface area (Å²) in [6.07, 6.45) is 3.68. The molecule has 4 nitrogen and oxygen atoms in total. The minimum Gasteiger partial charge on any atom is -0.465 e. The second-order valence-electron chi connectivity index (χ2n) is 5.03. The summed E-state index contributed by atoms with van der Waals surface area (Å²) in [6, 6.07) is 0. The van der Waals surface area contributed by atoms with Crippen molar-refractivity contribution in [3.63, 3.8) is 0 Å². The largest absolute Gasteiger partial charge is 0.465 e. The first-order chi connectivity index (χ1) is 8.40. The Morgan fingerprint density at radius 2 is 2.17 bits per heavy atom. The smallest absolute Gasteiger partial charge is 0.315 e. The predicted molar refractivity (Wildman–Crippen MR) is 67.9 cm³/mol. The van der Waals surface area contributed by atoms with Crippen LogP contribution in [0.1, 0.15) is 47.0 Å². The van der Waals surface area contributed by atoms with Crippen LogP contribution in [-0.2, 0) is 19.1 Å². The monoisotopic (exact) mass is 254 g/mol. The van der Waals surface area contributed by atoms with E-state index in [0.29, 0.717) is 19.4 Å². The van der Waals surface area contributed by atoms with Crippen LogP contribution in [-0.4, -0.2) is 24.6 Å². The molecule has 4 heteroatoms. The van der Waals surface area contributed by atoms with E-state index in [9.17, 15) is 9.59 Å². The molecule has 0 aromatic heterocycles. The van der Waals surface area contributed by atoms with Gasteiger partial charge in [-0.15, -0.1) is 0 Å². The summed E-state index contributed by atoms with van der Waals surface area (Å²) < 4.78 is 10.5. The van der Waals surface area contributed by atoms with E-state index in [1.54, 1.807) is 6.92 Å². The van der Waals surface area contributed by atoms with E-state index >= 15 is 0 Å². The fraction of sp³-hybridized carbons (Fsp3) is 0.714. The number of allylic oxidation sites excluding steroid dienone is 2. The quantitative estimate of drug-likeness (QED) is 0.574. The van der Waals surface area contributed by atoms with Crippen molar-refractivity contribution in [2.24, 2.45) is 5.41 Å². The highest BCUT2D eigenvalue weighted by Crippen LogP contribution is 2.37. The predicted octanol–water partition coefficient (Wildman–Crippen LogP) is 2.62. The molecule has 0 N–H and O–H groups in total. The Hall–Kier alpha value is -1.32. The SMILES string of the molecule is CCOC(=O)C1(C)CC=C(C)CCC1OC(C)=O. The van der Waals surface area contributed by atoms with Crippen LogP contribution in [0.25, 0.3) is 0 Å². The van der Waals surface area contributed by atoms with Gasteiger partial charge in [0, 0.05) is 6.92 Å². The first-order valence-corrected chi connectivity index (χ1v) is 6.40. The number of carbonyl (C=O) groups is 2. The maximum atomic E-state index is 12.1. The van der Waals surface area contributed by atoms with E-state index < -0.39 is 11.5 Å². The average molecular weight is 254 g/mol. The Labute approximate surface area is 108 Å². The third kappa shape index (κ3) is 3.34. The molecule has 0 bridgehead atoms. The molecule has 0 aliphatic heterocycles. The van der Waals surface area contributed by atoms with E-state index in [2.05, 4.69) is 0 Å². The second kappa shape index (κ2) is 6.03. The first kappa shape index (κ1) is 14.7. The lowest BCUT2D eigenvalue weighted by Crippen LogP contribution is -2.42. The number of carbonyl (C=O) groups excluding carboxylic acids is 2. The molecule has 1 aliphatic rings. The Bertz CT molecular complexity index is 359. The Morgan fingerprint density at radius 3 is 2.72 bits per heavy atom. The summed E-state index contributed by atoms with van der Waals surface area (Å²) >= 11 is 0. The molecule has 0 saturated carbocycles. The van der Waals surface area contributed by atoms with E-state index in [4.69, 9.17) is 9.47 Å². The van der Waals surface area contributed by atoms with Gasteiger partial charge in [0.05, 0.1) is 6.61 Å². The molecule has 1 rings (SSSR count). The Kier molecular flexibility index (Phi) is 4.93. The summed E-state index contributed by atoms with van der Waals surface area (Å²) in [6.45, 7) is 7.33. The highest BCUT2D eigenvalue weighted by molar-refractivity contribution is 5.78. The molecule has 2 atom stereocenters. The van der Waals surface area contributed by atoms with Gasteiger partial charge in [-0.05, 0) is 40.0 Å². The van der Waals surface area contributed by atoms with Crippen LogP contribution in [0.5, 0.6) is 0 Å². The van der Waals surface area contributed by atoms with Gasteiger partial charge in [0.2, 0.25) is 0 Å². The van der Waals surface area contributed by atoms with Crippen LogP contribution in [0, 0.1) is 5.41 Å². The third-order valence-electron chi connectivity index (χ3n) is 3.44. The fourth-order valence-electron chi connectivity index (χ4n) is 2.20. The lowest BCUT2D eigenvalue weighted by Gasteiger charge is -2.32. The molecule has 0 saturated heterocycles. The zero-order valence-corrected chi connectivity index (χ0v) is 11.6. The lowest BCUT2D eigenvalue weighted by atomic mass is 9.80. The Morgan fingerprint density at radius 1 is 1.50 bits per heavy atom. The normalized spacial score (nSPS) is 28.0. The van der Waals surface area contributed by atoms with Crippen LogP contribution < -0.4 is 0 Å².